The summed E-state index contributed by atoms with van der Waals surface area (Å²) in [6.07, 6.45) is 21.6. The van der Waals surface area contributed by atoms with Crippen LogP contribution in [-0.2, 0) is 23.9 Å². The van der Waals surface area contributed by atoms with Gasteiger partial charge >= 0.3 is 11.9 Å². The van der Waals surface area contributed by atoms with Crippen LogP contribution in [0.1, 0.15) is 71.1 Å². The van der Waals surface area contributed by atoms with Crippen LogP contribution in [-0.4, -0.2) is 52.9 Å². The molecule has 1 heterocycles. The Morgan fingerprint density at radius 1 is 0.939 bits per heavy atom. The molecule has 33 heavy (non-hydrogen) atoms. The van der Waals surface area contributed by atoms with Gasteiger partial charge in [-0.15, -0.1) is 0 Å². The minimum Gasteiger partial charge on any atom is -0.450 e. The van der Waals surface area contributed by atoms with Gasteiger partial charge in [-0.25, -0.2) is 4.79 Å². The third-order valence-corrected chi connectivity index (χ3v) is 5.04. The number of Topliss-reactive ketones (excluding diaryl/α,β-unsaturated/α-hetero) is 1. The molecule has 1 fully saturated rings. The highest BCUT2D eigenvalue weighted by molar-refractivity contribution is 6.37. The lowest BCUT2D eigenvalue weighted by Gasteiger charge is -2.20. The van der Waals surface area contributed by atoms with E-state index in [4.69, 9.17) is 9.84 Å². The van der Waals surface area contributed by atoms with Gasteiger partial charge in [-0.1, -0.05) is 68.4 Å². The maximum Gasteiger partial charge on any atom is 0.379 e. The minimum absolute atomic E-state index is 0.0674. The summed E-state index contributed by atoms with van der Waals surface area (Å²) in [5, 5.41) is 18.6. The van der Waals surface area contributed by atoms with Crippen LogP contribution in [0.25, 0.3) is 0 Å². The number of carbonyl (C=O) groups is 3. The summed E-state index contributed by atoms with van der Waals surface area (Å²) in [4.78, 5) is 35.0. The van der Waals surface area contributed by atoms with Crippen molar-refractivity contribution in [2.24, 2.45) is 0 Å². The normalized spacial score (nSPS) is 20.0. The van der Waals surface area contributed by atoms with Crippen molar-refractivity contribution in [3.8, 4) is 0 Å². The number of hydrogen-bond acceptors (Lipinski definition) is 7. The number of carbonyl (C=O) groups excluding carboxylic acids is 3. The van der Waals surface area contributed by atoms with Crippen molar-refractivity contribution in [3.05, 3.63) is 48.6 Å². The fourth-order valence-corrected chi connectivity index (χ4v) is 3.14. The Kier molecular flexibility index (Phi) is 15.5. The maximum atomic E-state index is 11.9. The maximum absolute atomic E-state index is 11.9. The van der Waals surface area contributed by atoms with Gasteiger partial charge in [0.1, 0.15) is 6.10 Å². The summed E-state index contributed by atoms with van der Waals surface area (Å²) in [5.74, 6) is -2.86. The molecule has 1 aliphatic rings. The fourth-order valence-electron chi connectivity index (χ4n) is 3.14. The van der Waals surface area contributed by atoms with Crippen molar-refractivity contribution in [1.82, 2.24) is 0 Å². The largest absolute Gasteiger partial charge is 0.450 e. The Labute approximate surface area is 196 Å². The lowest BCUT2D eigenvalue weighted by atomic mass is 10.1. The van der Waals surface area contributed by atoms with Crippen LogP contribution in [0.2, 0.25) is 0 Å². The first-order valence-electron chi connectivity index (χ1n) is 11.8. The topological polar surface area (TPSA) is 110 Å². The van der Waals surface area contributed by atoms with Gasteiger partial charge in [0, 0.05) is 6.42 Å². The first-order valence-corrected chi connectivity index (χ1v) is 11.8. The number of hydrogen-bond donors (Lipinski definition) is 2. The number of aliphatic hydroxyl groups is 2. The predicted molar refractivity (Wildman–Crippen MR) is 126 cm³/mol. The second-order valence-corrected chi connectivity index (χ2v) is 7.88. The van der Waals surface area contributed by atoms with Crippen molar-refractivity contribution in [1.29, 1.82) is 0 Å². The lowest BCUT2D eigenvalue weighted by Crippen LogP contribution is -2.41. The molecular weight excluding hydrogens is 424 g/mol. The molecular formula is C26H38O7. The number of aliphatic hydroxyl groups excluding tert-OH is 2. The van der Waals surface area contributed by atoms with E-state index in [1.807, 2.05) is 12.2 Å². The minimum atomic E-state index is -1.51. The van der Waals surface area contributed by atoms with E-state index < -0.39 is 42.6 Å². The van der Waals surface area contributed by atoms with Crippen LogP contribution in [0.5, 0.6) is 0 Å². The second-order valence-electron chi connectivity index (χ2n) is 7.88. The van der Waals surface area contributed by atoms with Gasteiger partial charge in [-0.3, -0.25) is 9.59 Å². The van der Waals surface area contributed by atoms with Gasteiger partial charge in [0.15, 0.2) is 6.10 Å². The van der Waals surface area contributed by atoms with Gasteiger partial charge in [0.25, 0.3) is 5.78 Å². The molecule has 1 aliphatic heterocycles. The quantitative estimate of drug-likeness (QED) is 0.146. The van der Waals surface area contributed by atoms with Crippen LogP contribution in [0.15, 0.2) is 48.6 Å². The average Bonchev–Trinajstić information content (AvgIpc) is 3.09. The zero-order chi connectivity index (χ0) is 24.3. The van der Waals surface area contributed by atoms with Gasteiger partial charge in [0.2, 0.25) is 6.10 Å². The van der Waals surface area contributed by atoms with E-state index in [-0.39, 0.29) is 6.42 Å². The van der Waals surface area contributed by atoms with Crippen LogP contribution in [0, 0.1) is 0 Å². The van der Waals surface area contributed by atoms with Gasteiger partial charge in [-0.2, -0.15) is 0 Å². The molecule has 0 aromatic carbocycles. The van der Waals surface area contributed by atoms with E-state index in [1.165, 1.54) is 25.7 Å². The molecule has 0 spiro atoms. The smallest absolute Gasteiger partial charge is 0.379 e. The number of ether oxygens (including phenoxy) is 2. The lowest BCUT2D eigenvalue weighted by molar-refractivity contribution is -0.160. The Balaban J connectivity index is 2.12. The summed E-state index contributed by atoms with van der Waals surface area (Å²) >= 11 is 0. The van der Waals surface area contributed by atoms with Gasteiger partial charge in [-0.05, 0) is 44.9 Å². The number of ketones is 1. The summed E-state index contributed by atoms with van der Waals surface area (Å²) in [7, 11) is 0. The molecule has 7 heteroatoms. The van der Waals surface area contributed by atoms with E-state index in [0.717, 1.165) is 19.3 Å². The molecule has 0 amide bonds. The summed E-state index contributed by atoms with van der Waals surface area (Å²) in [6.45, 7) is 1.49. The zero-order valence-corrected chi connectivity index (χ0v) is 19.6. The van der Waals surface area contributed by atoms with Crippen LogP contribution in [0.4, 0.5) is 0 Å². The second kappa shape index (κ2) is 18.0. The number of unbranched alkanes of at least 4 members (excludes halogenated alkanes) is 4. The van der Waals surface area contributed by atoms with Crippen LogP contribution in [0.3, 0.4) is 0 Å². The number of esters is 2. The summed E-state index contributed by atoms with van der Waals surface area (Å²) in [6, 6.07) is 0. The molecule has 0 aliphatic carbocycles. The standard InChI is InChI=1S/C26H38O7/c1-2-3-4-5-6-7-8-9-10-11-12-13-14-15-16-17-18-19-22(29)32-25-23(30)26(31)33-24(25)21(28)20-27/h6-7,9-10,12-13,15-16,21,24-25,27-28H,2-5,8,11,14,17-20H2,1H3/t21-,24+,25?/m0/s1. The third kappa shape index (κ3) is 12.3. The monoisotopic (exact) mass is 462 g/mol. The average molecular weight is 463 g/mol. The fraction of sp³-hybridized carbons (Fsp3) is 0.577. The Morgan fingerprint density at radius 3 is 2.03 bits per heavy atom. The number of allylic oxidation sites excluding steroid dienone is 8. The van der Waals surface area contributed by atoms with Crippen molar-refractivity contribution in [3.63, 3.8) is 0 Å². The molecule has 1 saturated heterocycles. The Hall–Kier alpha value is -2.51. The van der Waals surface area contributed by atoms with Crippen molar-refractivity contribution in [2.75, 3.05) is 6.61 Å². The van der Waals surface area contributed by atoms with E-state index in [1.54, 1.807) is 0 Å². The molecule has 0 saturated carbocycles. The van der Waals surface area contributed by atoms with Crippen molar-refractivity contribution in [2.45, 2.75) is 89.4 Å². The zero-order valence-electron chi connectivity index (χ0n) is 19.6. The molecule has 7 nitrogen and oxygen atoms in total. The third-order valence-electron chi connectivity index (χ3n) is 5.04. The highest BCUT2D eigenvalue weighted by Gasteiger charge is 2.49. The highest BCUT2D eigenvalue weighted by Crippen LogP contribution is 2.20. The molecule has 3 atom stereocenters. The molecule has 0 aromatic heterocycles. The van der Waals surface area contributed by atoms with Crippen molar-refractivity contribution < 1.29 is 34.1 Å². The van der Waals surface area contributed by atoms with E-state index in [0.29, 0.717) is 12.8 Å². The van der Waals surface area contributed by atoms with Gasteiger partial charge in [0.05, 0.1) is 6.61 Å². The van der Waals surface area contributed by atoms with E-state index in [2.05, 4.69) is 48.1 Å². The predicted octanol–water partition coefficient (Wildman–Crippen LogP) is 3.89. The highest BCUT2D eigenvalue weighted by atomic mass is 16.6. The van der Waals surface area contributed by atoms with E-state index >= 15 is 0 Å². The molecule has 2 N–H and O–H groups in total. The molecule has 1 unspecified atom stereocenters. The van der Waals surface area contributed by atoms with Crippen LogP contribution < -0.4 is 0 Å². The molecule has 1 rings (SSSR count). The molecule has 0 aromatic rings. The summed E-state index contributed by atoms with van der Waals surface area (Å²) in [5.41, 5.74) is 0. The molecule has 0 radical (unpaired) electrons. The number of cyclic esters (lactones) is 1. The van der Waals surface area contributed by atoms with Gasteiger partial charge < -0.3 is 19.7 Å². The Morgan fingerprint density at radius 2 is 1.48 bits per heavy atom. The first kappa shape index (κ1) is 28.5. The molecule has 184 valence electrons. The Bertz CT molecular complexity index is 705. The number of rotatable bonds is 17. The summed E-state index contributed by atoms with van der Waals surface area (Å²) < 4.78 is 9.69. The van der Waals surface area contributed by atoms with E-state index in [9.17, 15) is 19.5 Å². The van der Waals surface area contributed by atoms with Crippen LogP contribution >= 0.6 is 0 Å². The first-order chi connectivity index (χ1) is 16.0. The van der Waals surface area contributed by atoms with Crippen molar-refractivity contribution >= 4 is 17.7 Å². The molecule has 0 bridgehead atoms. The SMILES string of the molecule is CCCCCC=CCC=CCC=CCC=CCCCC(=O)OC1C(=O)C(=O)O[C@@H]1[C@@H](O)CO.